The molecule has 0 unspecified atom stereocenters. The number of anilines is 1. The van der Waals surface area contributed by atoms with E-state index in [1.54, 1.807) is 7.11 Å². The molecule has 1 aliphatic carbocycles. The average Bonchev–Trinajstić information content (AvgIpc) is 2.46. The van der Waals surface area contributed by atoms with E-state index in [0.29, 0.717) is 5.92 Å². The zero-order valence-corrected chi connectivity index (χ0v) is 11.4. The van der Waals surface area contributed by atoms with Crippen LogP contribution in [-0.2, 0) is 4.79 Å². The second-order valence-electron chi connectivity index (χ2n) is 5.23. The minimum Gasteiger partial charge on any atom is -0.497 e. The molecule has 4 heteroatoms. The van der Waals surface area contributed by atoms with Crippen LogP contribution in [0.2, 0.25) is 0 Å². The highest BCUT2D eigenvalue weighted by atomic mass is 16.5. The van der Waals surface area contributed by atoms with Crippen molar-refractivity contribution >= 4 is 11.6 Å². The lowest BCUT2D eigenvalue weighted by atomic mass is 9.81. The zero-order valence-electron chi connectivity index (χ0n) is 11.4. The van der Waals surface area contributed by atoms with E-state index in [4.69, 9.17) is 10.5 Å². The van der Waals surface area contributed by atoms with E-state index >= 15 is 0 Å². The van der Waals surface area contributed by atoms with Crippen LogP contribution in [0.4, 0.5) is 5.69 Å². The summed E-state index contributed by atoms with van der Waals surface area (Å²) in [5.41, 5.74) is 6.45. The molecule has 0 aliphatic heterocycles. The van der Waals surface area contributed by atoms with Crippen molar-refractivity contribution < 1.29 is 9.53 Å². The van der Waals surface area contributed by atoms with Gasteiger partial charge in [0.05, 0.1) is 7.11 Å². The number of amides is 1. The maximum Gasteiger partial charge on any atom is 0.220 e. The molecule has 0 bridgehead atoms. The van der Waals surface area contributed by atoms with E-state index in [2.05, 4.69) is 5.32 Å². The smallest absolute Gasteiger partial charge is 0.220 e. The number of methoxy groups -OCH3 is 1. The fourth-order valence-electron chi connectivity index (χ4n) is 2.62. The van der Waals surface area contributed by atoms with Crippen LogP contribution in [0.25, 0.3) is 0 Å². The third-order valence-corrected chi connectivity index (χ3v) is 3.93. The van der Waals surface area contributed by atoms with Crippen LogP contribution in [0.5, 0.6) is 5.75 Å². The monoisotopic (exact) mass is 262 g/mol. The predicted molar refractivity (Wildman–Crippen MR) is 76.1 cm³/mol. The highest BCUT2D eigenvalue weighted by Gasteiger charge is 2.24. The maximum atomic E-state index is 11.1. The SMILES string of the molecule is COc1ccc(NCC2CCC(C(N)=O)CC2)cc1. The summed E-state index contributed by atoms with van der Waals surface area (Å²) in [4.78, 5) is 11.1. The number of ether oxygens (including phenoxy) is 1. The molecule has 3 N–H and O–H groups in total. The number of carbonyl (C=O) groups excluding carboxylic acids is 1. The summed E-state index contributed by atoms with van der Waals surface area (Å²) in [5, 5.41) is 3.44. The second kappa shape index (κ2) is 6.45. The van der Waals surface area contributed by atoms with Gasteiger partial charge in [0.1, 0.15) is 5.75 Å². The van der Waals surface area contributed by atoms with Gasteiger partial charge in [0.25, 0.3) is 0 Å². The van der Waals surface area contributed by atoms with Crippen molar-refractivity contribution in [1.29, 1.82) is 0 Å². The molecule has 0 heterocycles. The van der Waals surface area contributed by atoms with Crippen LogP contribution in [0.15, 0.2) is 24.3 Å². The van der Waals surface area contributed by atoms with Gasteiger partial charge in [0, 0.05) is 18.2 Å². The summed E-state index contributed by atoms with van der Waals surface area (Å²) in [7, 11) is 1.67. The normalized spacial score (nSPS) is 22.8. The first-order chi connectivity index (χ1) is 9.19. The average molecular weight is 262 g/mol. The van der Waals surface area contributed by atoms with Gasteiger partial charge in [0.15, 0.2) is 0 Å². The van der Waals surface area contributed by atoms with Crippen LogP contribution in [0.1, 0.15) is 25.7 Å². The minimum atomic E-state index is -0.137. The summed E-state index contributed by atoms with van der Waals surface area (Å²) in [6.45, 7) is 0.956. The van der Waals surface area contributed by atoms with Gasteiger partial charge in [-0.1, -0.05) is 0 Å². The van der Waals surface area contributed by atoms with E-state index < -0.39 is 0 Å². The van der Waals surface area contributed by atoms with E-state index in [1.807, 2.05) is 24.3 Å². The first kappa shape index (κ1) is 13.7. The number of hydrogen-bond donors (Lipinski definition) is 2. The number of primary amides is 1. The lowest BCUT2D eigenvalue weighted by molar-refractivity contribution is -0.122. The van der Waals surface area contributed by atoms with Crippen molar-refractivity contribution in [2.45, 2.75) is 25.7 Å². The number of nitrogens with one attached hydrogen (secondary N) is 1. The lowest BCUT2D eigenvalue weighted by Crippen LogP contribution is -2.29. The zero-order chi connectivity index (χ0) is 13.7. The van der Waals surface area contributed by atoms with Gasteiger partial charge >= 0.3 is 0 Å². The largest absolute Gasteiger partial charge is 0.497 e. The third kappa shape index (κ3) is 3.88. The van der Waals surface area contributed by atoms with Gasteiger partial charge in [0.2, 0.25) is 5.91 Å². The Morgan fingerprint density at radius 1 is 1.26 bits per heavy atom. The van der Waals surface area contributed by atoms with E-state index in [0.717, 1.165) is 43.7 Å². The van der Waals surface area contributed by atoms with Crippen LogP contribution in [0, 0.1) is 11.8 Å². The Morgan fingerprint density at radius 2 is 1.89 bits per heavy atom. The summed E-state index contributed by atoms with van der Waals surface area (Å²) >= 11 is 0. The molecule has 0 saturated heterocycles. The molecule has 1 aliphatic rings. The molecule has 1 aromatic carbocycles. The summed E-state index contributed by atoms with van der Waals surface area (Å²) in [5.74, 6) is 1.46. The van der Waals surface area contributed by atoms with Gasteiger partial charge in [-0.25, -0.2) is 0 Å². The number of nitrogens with two attached hydrogens (primary N) is 1. The van der Waals surface area contributed by atoms with Crippen LogP contribution < -0.4 is 15.8 Å². The van der Waals surface area contributed by atoms with Crippen LogP contribution >= 0.6 is 0 Å². The highest BCUT2D eigenvalue weighted by molar-refractivity contribution is 5.76. The van der Waals surface area contributed by atoms with Crippen LogP contribution in [-0.4, -0.2) is 19.6 Å². The van der Waals surface area contributed by atoms with Gasteiger partial charge in [-0.15, -0.1) is 0 Å². The molecule has 0 atom stereocenters. The summed E-state index contributed by atoms with van der Waals surface area (Å²) < 4.78 is 5.13. The molecule has 104 valence electrons. The number of benzene rings is 1. The standard InChI is InChI=1S/C15H22N2O2/c1-19-14-8-6-13(7-9-14)17-10-11-2-4-12(5-3-11)15(16)18/h6-9,11-12,17H,2-5,10H2,1H3,(H2,16,18). The number of hydrogen-bond acceptors (Lipinski definition) is 3. The maximum absolute atomic E-state index is 11.1. The van der Waals surface area contributed by atoms with Crippen molar-refractivity contribution in [3.05, 3.63) is 24.3 Å². The Kier molecular flexibility index (Phi) is 4.66. The molecule has 0 radical (unpaired) electrons. The first-order valence-corrected chi connectivity index (χ1v) is 6.86. The van der Waals surface area contributed by atoms with Gasteiger partial charge in [-0.3, -0.25) is 4.79 Å². The first-order valence-electron chi connectivity index (χ1n) is 6.86. The molecule has 2 rings (SSSR count). The minimum absolute atomic E-state index is 0.0947. The third-order valence-electron chi connectivity index (χ3n) is 3.93. The Bertz CT molecular complexity index is 409. The highest BCUT2D eigenvalue weighted by Crippen LogP contribution is 2.28. The number of rotatable bonds is 5. The number of carbonyl (C=O) groups is 1. The Balaban J connectivity index is 1.75. The van der Waals surface area contributed by atoms with Crippen molar-refractivity contribution in [1.82, 2.24) is 0 Å². The van der Waals surface area contributed by atoms with Gasteiger partial charge in [-0.2, -0.15) is 0 Å². The van der Waals surface area contributed by atoms with Crippen LogP contribution in [0.3, 0.4) is 0 Å². The molecule has 1 fully saturated rings. The molecular weight excluding hydrogens is 240 g/mol. The van der Waals surface area contributed by atoms with E-state index in [1.165, 1.54) is 0 Å². The predicted octanol–water partition coefficient (Wildman–Crippen LogP) is 2.40. The van der Waals surface area contributed by atoms with Crippen molar-refractivity contribution in [2.24, 2.45) is 17.6 Å². The Labute approximate surface area is 114 Å². The Hall–Kier alpha value is -1.71. The molecule has 0 spiro atoms. The molecule has 0 aromatic heterocycles. The summed E-state index contributed by atoms with van der Waals surface area (Å²) in [6, 6.07) is 7.94. The molecule has 1 aromatic rings. The molecule has 1 saturated carbocycles. The van der Waals surface area contributed by atoms with E-state index in [9.17, 15) is 4.79 Å². The van der Waals surface area contributed by atoms with Crippen molar-refractivity contribution in [2.75, 3.05) is 19.0 Å². The molecule has 1 amide bonds. The van der Waals surface area contributed by atoms with Gasteiger partial charge < -0.3 is 15.8 Å². The molecule has 19 heavy (non-hydrogen) atoms. The topological polar surface area (TPSA) is 64.3 Å². The van der Waals surface area contributed by atoms with Crippen molar-refractivity contribution in [3.8, 4) is 5.75 Å². The lowest BCUT2D eigenvalue weighted by Gasteiger charge is -2.27. The van der Waals surface area contributed by atoms with Gasteiger partial charge in [-0.05, 0) is 55.9 Å². The van der Waals surface area contributed by atoms with Crippen molar-refractivity contribution in [3.63, 3.8) is 0 Å². The molecular formula is C15H22N2O2. The molecule has 4 nitrogen and oxygen atoms in total. The fraction of sp³-hybridized carbons (Fsp3) is 0.533. The second-order valence-corrected chi connectivity index (χ2v) is 5.23. The quantitative estimate of drug-likeness (QED) is 0.856. The van der Waals surface area contributed by atoms with E-state index in [-0.39, 0.29) is 11.8 Å². The Morgan fingerprint density at radius 3 is 2.42 bits per heavy atom. The fourth-order valence-corrected chi connectivity index (χ4v) is 2.62. The summed E-state index contributed by atoms with van der Waals surface area (Å²) in [6.07, 6.45) is 4.03.